The van der Waals surface area contributed by atoms with E-state index in [1.807, 2.05) is 31.2 Å². The Bertz CT molecular complexity index is 871. The van der Waals surface area contributed by atoms with Gasteiger partial charge in [0.2, 0.25) is 10.0 Å². The lowest BCUT2D eigenvalue weighted by Gasteiger charge is -2.37. The van der Waals surface area contributed by atoms with Crippen molar-refractivity contribution in [1.29, 1.82) is 0 Å². The Kier molecular flexibility index (Phi) is 6.37. The van der Waals surface area contributed by atoms with Gasteiger partial charge < -0.3 is 14.8 Å². The second kappa shape index (κ2) is 8.56. The first-order valence-corrected chi connectivity index (χ1v) is 10.8. The van der Waals surface area contributed by atoms with Crippen LogP contribution in [-0.4, -0.2) is 48.4 Å². The van der Waals surface area contributed by atoms with Crippen molar-refractivity contribution in [2.45, 2.75) is 24.7 Å². The number of hydrogen-bond acceptors (Lipinski definition) is 5. The highest BCUT2D eigenvalue weighted by Gasteiger charge is 2.34. The molecule has 0 spiro atoms. The molecule has 3 rings (SSSR count). The minimum Gasteiger partial charge on any atom is -0.493 e. The highest BCUT2D eigenvalue weighted by atomic mass is 32.2. The Morgan fingerprint density at radius 3 is 2.48 bits per heavy atom. The van der Waals surface area contributed by atoms with Gasteiger partial charge in [0.1, 0.15) is 5.75 Å². The van der Waals surface area contributed by atoms with E-state index >= 15 is 0 Å². The van der Waals surface area contributed by atoms with Crippen LogP contribution in [0.4, 0.5) is 0 Å². The number of rotatable bonds is 8. The monoisotopic (exact) mass is 392 g/mol. The Hall–Kier alpha value is -1.67. The van der Waals surface area contributed by atoms with Gasteiger partial charge >= 0.3 is 0 Å². The summed E-state index contributed by atoms with van der Waals surface area (Å²) in [7, 11) is -1.99. The molecule has 1 aliphatic heterocycles. The Labute approximate surface area is 161 Å². The van der Waals surface area contributed by atoms with Crippen LogP contribution >= 0.6 is 0 Å². The fourth-order valence-corrected chi connectivity index (χ4v) is 5.09. The summed E-state index contributed by atoms with van der Waals surface area (Å²) in [5, 5.41) is 4.79. The van der Waals surface area contributed by atoms with Crippen molar-refractivity contribution in [1.82, 2.24) is 10.0 Å². The molecule has 0 radical (unpaired) electrons. The molecule has 148 valence electrons. The average Bonchev–Trinajstić information content (AvgIpc) is 2.68. The topological polar surface area (TPSA) is 76.7 Å². The van der Waals surface area contributed by atoms with Crippen LogP contribution in [0.1, 0.15) is 19.8 Å². The van der Waals surface area contributed by atoms with E-state index in [0.29, 0.717) is 30.9 Å². The lowest BCUT2D eigenvalue weighted by atomic mass is 9.80. The molecule has 27 heavy (non-hydrogen) atoms. The van der Waals surface area contributed by atoms with Crippen LogP contribution < -0.4 is 14.8 Å². The first-order valence-electron chi connectivity index (χ1n) is 9.35. The number of methoxy groups -OCH3 is 1. The molecule has 0 unspecified atom stereocenters. The van der Waals surface area contributed by atoms with Crippen LogP contribution in [0.5, 0.6) is 5.75 Å². The largest absolute Gasteiger partial charge is 0.493 e. The fraction of sp³-hybridized carbons (Fsp3) is 0.500. The van der Waals surface area contributed by atoms with Crippen molar-refractivity contribution < 1.29 is 17.9 Å². The minimum absolute atomic E-state index is 0.172. The highest BCUT2D eigenvalue weighted by Crippen LogP contribution is 2.32. The van der Waals surface area contributed by atoms with Gasteiger partial charge in [-0.1, -0.05) is 24.3 Å². The van der Waals surface area contributed by atoms with E-state index in [1.54, 1.807) is 19.2 Å². The van der Waals surface area contributed by atoms with Gasteiger partial charge in [-0.25, -0.2) is 13.1 Å². The second-order valence-corrected chi connectivity index (χ2v) is 8.78. The first kappa shape index (κ1) is 20.1. The maximum Gasteiger partial charge on any atom is 0.241 e. The average molecular weight is 393 g/mol. The summed E-state index contributed by atoms with van der Waals surface area (Å²) in [5.41, 5.74) is -0.172. The van der Waals surface area contributed by atoms with E-state index in [-0.39, 0.29) is 10.3 Å². The molecule has 1 heterocycles. The molecule has 0 aromatic heterocycles. The summed E-state index contributed by atoms with van der Waals surface area (Å²) in [6.45, 7) is 5.10. The van der Waals surface area contributed by atoms with E-state index in [1.165, 1.54) is 0 Å². The van der Waals surface area contributed by atoms with Gasteiger partial charge in [-0.3, -0.25) is 0 Å². The summed E-state index contributed by atoms with van der Waals surface area (Å²) in [4.78, 5) is 0.281. The summed E-state index contributed by atoms with van der Waals surface area (Å²) < 4.78 is 40.1. The predicted octanol–water partition coefficient (Wildman–Crippen LogP) is 2.53. The van der Waals surface area contributed by atoms with Gasteiger partial charge in [0.15, 0.2) is 0 Å². The zero-order valence-corrected chi connectivity index (χ0v) is 16.8. The molecule has 0 amide bonds. The standard InChI is InChI=1S/C20H28N2O4S/c1-3-26-18-8-9-19(17-7-5-4-6-16(17)18)27(23,24)22-14-20(15-25-2)10-12-21-13-11-20/h4-9,21-22H,3,10-15H2,1-2H3. The van der Waals surface area contributed by atoms with Crippen molar-refractivity contribution in [3.63, 3.8) is 0 Å². The van der Waals surface area contributed by atoms with Crippen molar-refractivity contribution >= 4 is 20.8 Å². The van der Waals surface area contributed by atoms with Crippen LogP contribution in [-0.2, 0) is 14.8 Å². The Morgan fingerprint density at radius 2 is 1.81 bits per heavy atom. The molecule has 2 N–H and O–H groups in total. The molecule has 6 nitrogen and oxygen atoms in total. The molecule has 0 saturated carbocycles. The van der Waals surface area contributed by atoms with Gasteiger partial charge in [-0.2, -0.15) is 0 Å². The molecular weight excluding hydrogens is 364 g/mol. The molecule has 7 heteroatoms. The molecule has 0 aliphatic carbocycles. The van der Waals surface area contributed by atoms with E-state index < -0.39 is 10.0 Å². The zero-order chi connectivity index (χ0) is 19.3. The Morgan fingerprint density at radius 1 is 1.11 bits per heavy atom. The molecule has 1 fully saturated rings. The van der Waals surface area contributed by atoms with Gasteiger partial charge in [-0.15, -0.1) is 0 Å². The van der Waals surface area contributed by atoms with Crippen LogP contribution in [0.15, 0.2) is 41.3 Å². The number of hydrogen-bond donors (Lipinski definition) is 2. The zero-order valence-electron chi connectivity index (χ0n) is 16.0. The summed E-state index contributed by atoms with van der Waals surface area (Å²) >= 11 is 0. The van der Waals surface area contributed by atoms with E-state index in [0.717, 1.165) is 31.3 Å². The molecule has 2 aromatic rings. The van der Waals surface area contributed by atoms with E-state index in [2.05, 4.69) is 10.0 Å². The van der Waals surface area contributed by atoms with Crippen molar-refractivity contribution in [3.8, 4) is 5.75 Å². The van der Waals surface area contributed by atoms with Crippen LogP contribution in [0, 0.1) is 5.41 Å². The lowest BCUT2D eigenvalue weighted by Crippen LogP contribution is -2.47. The first-order chi connectivity index (χ1) is 13.0. The number of nitrogens with one attached hydrogen (secondary N) is 2. The van der Waals surface area contributed by atoms with Crippen molar-refractivity contribution in [3.05, 3.63) is 36.4 Å². The number of piperidine rings is 1. The number of ether oxygens (including phenoxy) is 2. The summed E-state index contributed by atoms with van der Waals surface area (Å²) in [5.74, 6) is 0.696. The smallest absolute Gasteiger partial charge is 0.241 e. The molecule has 0 atom stereocenters. The third kappa shape index (κ3) is 4.43. The predicted molar refractivity (Wildman–Crippen MR) is 107 cm³/mol. The van der Waals surface area contributed by atoms with E-state index in [9.17, 15) is 8.42 Å². The normalized spacial score (nSPS) is 17.1. The van der Waals surface area contributed by atoms with E-state index in [4.69, 9.17) is 9.47 Å². The number of fused-ring (bicyclic) bond motifs is 1. The third-order valence-corrected chi connectivity index (χ3v) is 6.64. The van der Waals surface area contributed by atoms with Gasteiger partial charge in [0.05, 0.1) is 18.1 Å². The maximum atomic E-state index is 13.1. The Balaban J connectivity index is 1.90. The van der Waals surface area contributed by atoms with Crippen LogP contribution in [0.25, 0.3) is 10.8 Å². The van der Waals surface area contributed by atoms with Gasteiger partial charge in [-0.05, 0) is 45.0 Å². The lowest BCUT2D eigenvalue weighted by molar-refractivity contribution is 0.0577. The highest BCUT2D eigenvalue weighted by molar-refractivity contribution is 7.89. The fourth-order valence-electron chi connectivity index (χ4n) is 3.72. The summed E-state index contributed by atoms with van der Waals surface area (Å²) in [6.07, 6.45) is 1.76. The minimum atomic E-state index is -3.66. The van der Waals surface area contributed by atoms with Crippen LogP contribution in [0.2, 0.25) is 0 Å². The molecule has 1 aliphatic rings. The van der Waals surface area contributed by atoms with Crippen molar-refractivity contribution in [2.24, 2.45) is 5.41 Å². The van der Waals surface area contributed by atoms with Crippen molar-refractivity contribution in [2.75, 3.05) is 40.0 Å². The number of benzene rings is 2. The molecule has 0 bridgehead atoms. The molecule has 1 saturated heterocycles. The maximum absolute atomic E-state index is 13.1. The molecular formula is C20H28N2O4S. The third-order valence-electron chi connectivity index (χ3n) is 5.19. The van der Waals surface area contributed by atoms with Gasteiger partial charge in [0, 0.05) is 29.8 Å². The number of sulfonamides is 1. The summed E-state index contributed by atoms with van der Waals surface area (Å²) in [6, 6.07) is 10.8. The quantitative estimate of drug-likeness (QED) is 0.722. The SMILES string of the molecule is CCOc1ccc(S(=O)(=O)NCC2(COC)CCNCC2)c2ccccc12. The van der Waals surface area contributed by atoms with Crippen LogP contribution in [0.3, 0.4) is 0 Å². The van der Waals surface area contributed by atoms with Gasteiger partial charge in [0.25, 0.3) is 0 Å². The molecule has 2 aromatic carbocycles. The second-order valence-electron chi connectivity index (χ2n) is 7.05.